The smallest absolute Gasteiger partial charge is 0.251 e. The first kappa shape index (κ1) is 12.0. The minimum Gasteiger partial charge on any atom is -0.618 e. The summed E-state index contributed by atoms with van der Waals surface area (Å²) in [7, 11) is 0. The molecule has 0 unspecified atom stereocenters. The molecule has 3 aromatic heterocycles. The van der Waals surface area contributed by atoms with Crippen LogP contribution in [0.4, 0.5) is 0 Å². The van der Waals surface area contributed by atoms with Crippen molar-refractivity contribution in [3.8, 4) is 0 Å². The number of imidazole rings is 1. The van der Waals surface area contributed by atoms with E-state index in [1.165, 1.54) is 23.5 Å². The molecule has 0 saturated heterocycles. The van der Waals surface area contributed by atoms with Crippen molar-refractivity contribution in [2.24, 2.45) is 0 Å². The lowest BCUT2D eigenvalue weighted by Crippen LogP contribution is -2.27. The lowest BCUT2D eigenvalue weighted by molar-refractivity contribution is -0.645. The number of fused-ring (bicyclic) bond motifs is 1. The van der Waals surface area contributed by atoms with E-state index in [-0.39, 0.29) is 0 Å². The molecule has 0 N–H and O–H groups in total. The monoisotopic (exact) mass is 271 g/mol. The van der Waals surface area contributed by atoms with Gasteiger partial charge in [0.1, 0.15) is 5.65 Å². The Kier molecular flexibility index (Phi) is 3.13. The zero-order valence-corrected chi connectivity index (χ0v) is 11.3. The van der Waals surface area contributed by atoms with E-state index >= 15 is 0 Å². The van der Waals surface area contributed by atoms with E-state index in [1.54, 1.807) is 6.07 Å². The van der Waals surface area contributed by atoms with Gasteiger partial charge in [-0.25, -0.2) is 4.98 Å². The van der Waals surface area contributed by atoms with E-state index in [2.05, 4.69) is 11.9 Å². The van der Waals surface area contributed by atoms with Crippen LogP contribution in [-0.4, -0.2) is 9.38 Å². The maximum Gasteiger partial charge on any atom is 0.251 e. The minimum absolute atomic E-state index is 0.687. The second-order valence-corrected chi connectivity index (χ2v) is 5.35. The highest BCUT2D eigenvalue weighted by Crippen LogP contribution is 2.19. The Balaban J connectivity index is 1.80. The fraction of sp³-hybridized carbons (Fsp3) is 0.143. The van der Waals surface area contributed by atoms with Gasteiger partial charge in [0.05, 0.1) is 5.69 Å². The van der Waals surface area contributed by atoms with E-state index in [9.17, 15) is 5.21 Å². The molecule has 4 nitrogen and oxygen atoms in total. The molecule has 3 rings (SSSR count). The third-order valence-corrected chi connectivity index (χ3v) is 3.86. The van der Waals surface area contributed by atoms with Crippen LogP contribution in [0.15, 0.2) is 53.9 Å². The van der Waals surface area contributed by atoms with E-state index < -0.39 is 0 Å². The van der Waals surface area contributed by atoms with Crippen molar-refractivity contribution >= 4 is 17.4 Å². The molecule has 0 aromatic carbocycles. The van der Waals surface area contributed by atoms with Gasteiger partial charge in [-0.15, -0.1) is 0 Å². The number of aryl methyl sites for hydroxylation is 1. The third-order valence-electron chi connectivity index (χ3n) is 2.81. The van der Waals surface area contributed by atoms with Gasteiger partial charge in [-0.3, -0.25) is 0 Å². The molecule has 0 atom stereocenters. The van der Waals surface area contributed by atoms with Crippen molar-refractivity contribution in [1.29, 1.82) is 0 Å². The summed E-state index contributed by atoms with van der Waals surface area (Å²) in [4.78, 5) is 4.53. The first-order valence-electron chi connectivity index (χ1n) is 5.97. The molecule has 19 heavy (non-hydrogen) atoms. The summed E-state index contributed by atoms with van der Waals surface area (Å²) >= 11 is 1.49. The van der Waals surface area contributed by atoms with Crippen LogP contribution in [0, 0.1) is 12.1 Å². The van der Waals surface area contributed by atoms with Crippen LogP contribution in [0.2, 0.25) is 0 Å². The Labute approximate surface area is 115 Å². The van der Waals surface area contributed by atoms with Gasteiger partial charge in [-0.2, -0.15) is 4.73 Å². The Morgan fingerprint density at radius 1 is 1.26 bits per heavy atom. The lowest BCUT2D eigenvalue weighted by Gasteiger charge is -2.01. The zero-order valence-electron chi connectivity index (χ0n) is 10.5. The first-order valence-corrected chi connectivity index (χ1v) is 6.96. The number of rotatable bonds is 3. The molecule has 0 aliphatic carbocycles. The van der Waals surface area contributed by atoms with Gasteiger partial charge < -0.3 is 9.61 Å². The second kappa shape index (κ2) is 4.93. The molecular formula is C14H13N3OS. The summed E-state index contributed by atoms with van der Waals surface area (Å²) in [6.07, 6.45) is 5.57. The van der Waals surface area contributed by atoms with Crippen molar-refractivity contribution in [1.82, 2.24) is 9.38 Å². The van der Waals surface area contributed by atoms with Gasteiger partial charge >= 0.3 is 0 Å². The van der Waals surface area contributed by atoms with Crippen LogP contribution in [0.25, 0.3) is 5.65 Å². The van der Waals surface area contributed by atoms with E-state index in [0.29, 0.717) is 10.8 Å². The molecule has 0 aliphatic heterocycles. The van der Waals surface area contributed by atoms with Crippen LogP contribution in [0.1, 0.15) is 11.3 Å². The highest BCUT2D eigenvalue weighted by molar-refractivity contribution is 7.98. The van der Waals surface area contributed by atoms with E-state index in [1.807, 2.05) is 41.1 Å². The first-order chi connectivity index (χ1) is 9.22. The fourth-order valence-electron chi connectivity index (χ4n) is 1.90. The van der Waals surface area contributed by atoms with Crippen LogP contribution >= 0.6 is 11.8 Å². The zero-order chi connectivity index (χ0) is 13.2. The van der Waals surface area contributed by atoms with Gasteiger partial charge in [0.15, 0.2) is 6.20 Å². The van der Waals surface area contributed by atoms with Gasteiger partial charge in [0.25, 0.3) is 5.03 Å². The van der Waals surface area contributed by atoms with Gasteiger partial charge in [0.2, 0.25) is 0 Å². The molecular weight excluding hydrogens is 258 g/mol. The Hall–Kier alpha value is -2.01. The molecule has 3 heterocycles. The number of aromatic nitrogens is 3. The molecule has 0 bridgehead atoms. The van der Waals surface area contributed by atoms with Crippen molar-refractivity contribution in [2.75, 3.05) is 0 Å². The normalized spacial score (nSPS) is 11.0. The molecule has 0 saturated carbocycles. The van der Waals surface area contributed by atoms with E-state index in [4.69, 9.17) is 0 Å². The van der Waals surface area contributed by atoms with Gasteiger partial charge in [0, 0.05) is 30.3 Å². The summed E-state index contributed by atoms with van der Waals surface area (Å²) in [5, 5.41) is 12.2. The highest BCUT2D eigenvalue weighted by atomic mass is 32.2. The summed E-state index contributed by atoms with van der Waals surface area (Å²) in [5.74, 6) is 0.687. The molecule has 5 heteroatoms. The number of thioether (sulfide) groups is 1. The standard InChI is InChI=1S/C14H13N3OS/c1-11-5-6-13-15-12(9-16(13)8-11)10-19-14-4-2-3-7-17(14)18/h2-9H,10H2,1H3. The van der Waals surface area contributed by atoms with Gasteiger partial charge in [-0.1, -0.05) is 6.07 Å². The summed E-state index contributed by atoms with van der Waals surface area (Å²) in [6.45, 7) is 2.05. The SMILES string of the molecule is Cc1ccc2nc(CSc3cccc[n+]3[O-])cn2c1. The number of hydrogen-bond acceptors (Lipinski definition) is 3. The Morgan fingerprint density at radius 2 is 2.16 bits per heavy atom. The summed E-state index contributed by atoms with van der Waals surface area (Å²) in [6, 6.07) is 9.45. The van der Waals surface area contributed by atoms with Crippen molar-refractivity contribution in [3.63, 3.8) is 0 Å². The molecule has 0 radical (unpaired) electrons. The topological polar surface area (TPSA) is 44.2 Å². The largest absolute Gasteiger partial charge is 0.618 e. The molecule has 0 aliphatic rings. The predicted molar refractivity (Wildman–Crippen MR) is 74.9 cm³/mol. The maximum absolute atomic E-state index is 11.5. The number of pyridine rings is 2. The van der Waals surface area contributed by atoms with E-state index in [0.717, 1.165) is 16.1 Å². The second-order valence-electron chi connectivity index (χ2n) is 4.36. The number of hydrogen-bond donors (Lipinski definition) is 0. The predicted octanol–water partition coefficient (Wildman–Crippen LogP) is 2.57. The Bertz CT molecular complexity index is 724. The Morgan fingerprint density at radius 3 is 3.00 bits per heavy atom. The average molecular weight is 271 g/mol. The quantitative estimate of drug-likeness (QED) is 0.418. The summed E-state index contributed by atoms with van der Waals surface area (Å²) < 4.78 is 2.89. The van der Waals surface area contributed by atoms with Crippen molar-refractivity contribution in [3.05, 3.63) is 65.4 Å². The third kappa shape index (κ3) is 2.56. The molecule has 0 fully saturated rings. The molecule has 3 aromatic rings. The van der Waals surface area contributed by atoms with Crippen LogP contribution < -0.4 is 4.73 Å². The molecule has 0 spiro atoms. The van der Waals surface area contributed by atoms with Gasteiger partial charge in [-0.05, 0) is 36.4 Å². The number of nitrogens with zero attached hydrogens (tertiary/aromatic N) is 3. The molecule has 96 valence electrons. The maximum atomic E-state index is 11.5. The average Bonchev–Trinajstić information content (AvgIpc) is 2.79. The fourth-order valence-corrected chi connectivity index (χ4v) is 2.70. The highest BCUT2D eigenvalue weighted by Gasteiger charge is 2.07. The van der Waals surface area contributed by atoms with Crippen molar-refractivity contribution < 1.29 is 4.73 Å². The van der Waals surface area contributed by atoms with Crippen LogP contribution in [-0.2, 0) is 5.75 Å². The van der Waals surface area contributed by atoms with Crippen molar-refractivity contribution in [2.45, 2.75) is 17.7 Å². The summed E-state index contributed by atoms with van der Waals surface area (Å²) in [5.41, 5.74) is 3.10. The van der Waals surface area contributed by atoms with Crippen LogP contribution in [0.5, 0.6) is 0 Å². The van der Waals surface area contributed by atoms with Crippen LogP contribution in [0.3, 0.4) is 0 Å². The minimum atomic E-state index is 0.687. The lowest BCUT2D eigenvalue weighted by atomic mass is 10.3. The molecule has 0 amide bonds.